The van der Waals surface area contributed by atoms with E-state index in [0.717, 1.165) is 6.42 Å². The minimum absolute atomic E-state index is 1.12. The first-order valence-corrected chi connectivity index (χ1v) is 8.19. The highest BCUT2D eigenvalue weighted by atomic mass is 14.0. The zero-order chi connectivity index (χ0) is 16.1. The van der Waals surface area contributed by atoms with E-state index in [-0.39, 0.29) is 0 Å². The largest absolute Gasteiger partial charge is 0.0616 e. The Morgan fingerprint density at radius 3 is 1.70 bits per heavy atom. The van der Waals surface area contributed by atoms with Crippen LogP contribution in [0.3, 0.4) is 0 Å². The van der Waals surface area contributed by atoms with Crippen molar-refractivity contribution in [2.45, 2.75) is 20.3 Å². The van der Waals surface area contributed by atoms with Crippen molar-refractivity contribution in [2.24, 2.45) is 0 Å². The Morgan fingerprint density at radius 2 is 1.09 bits per heavy atom. The summed E-state index contributed by atoms with van der Waals surface area (Å²) in [5.41, 5.74) is 2.73. The van der Waals surface area contributed by atoms with Crippen LogP contribution in [0.1, 0.15) is 18.1 Å². The molecule has 4 aromatic rings. The maximum absolute atomic E-state index is 2.26. The normalized spacial score (nSPS) is 10.3. The molecular formula is C23H22. The van der Waals surface area contributed by atoms with Gasteiger partial charge in [0.15, 0.2) is 0 Å². The lowest BCUT2D eigenvalue weighted by Crippen LogP contribution is -1.79. The molecule has 0 heteroatoms. The average Bonchev–Trinajstić information content (AvgIpc) is 2.61. The molecule has 0 radical (unpaired) electrons. The van der Waals surface area contributed by atoms with Gasteiger partial charge in [0.25, 0.3) is 0 Å². The molecule has 0 nitrogen and oxygen atoms in total. The highest BCUT2D eigenvalue weighted by Crippen LogP contribution is 2.16. The molecule has 4 aromatic carbocycles. The van der Waals surface area contributed by atoms with Gasteiger partial charge >= 0.3 is 0 Å². The van der Waals surface area contributed by atoms with E-state index in [1.54, 1.807) is 0 Å². The van der Waals surface area contributed by atoms with Crippen LogP contribution < -0.4 is 0 Å². The van der Waals surface area contributed by atoms with Crippen molar-refractivity contribution in [3.8, 4) is 0 Å². The molecule has 0 heterocycles. The van der Waals surface area contributed by atoms with Gasteiger partial charge in [0.2, 0.25) is 0 Å². The second kappa shape index (κ2) is 7.11. The van der Waals surface area contributed by atoms with Crippen molar-refractivity contribution in [2.75, 3.05) is 0 Å². The van der Waals surface area contributed by atoms with Crippen LogP contribution in [0.15, 0.2) is 84.9 Å². The van der Waals surface area contributed by atoms with Gasteiger partial charge in [0.05, 0.1) is 0 Å². The van der Waals surface area contributed by atoms with Crippen LogP contribution >= 0.6 is 0 Å². The fraction of sp³-hybridized carbons (Fsp3) is 0.130. The van der Waals surface area contributed by atoms with Gasteiger partial charge < -0.3 is 0 Å². The van der Waals surface area contributed by atoms with E-state index < -0.39 is 0 Å². The van der Waals surface area contributed by atoms with Crippen molar-refractivity contribution in [1.29, 1.82) is 0 Å². The van der Waals surface area contributed by atoms with Crippen LogP contribution in [0.4, 0.5) is 0 Å². The summed E-state index contributed by atoms with van der Waals surface area (Å²) in [6.45, 7) is 4.30. The Labute approximate surface area is 138 Å². The van der Waals surface area contributed by atoms with Crippen LogP contribution in [0.25, 0.3) is 21.5 Å². The van der Waals surface area contributed by atoms with Crippen molar-refractivity contribution < 1.29 is 0 Å². The highest BCUT2D eigenvalue weighted by Gasteiger charge is 1.92. The summed E-state index contributed by atoms with van der Waals surface area (Å²) >= 11 is 0. The van der Waals surface area contributed by atoms with Gasteiger partial charge in [-0.3, -0.25) is 0 Å². The molecule has 0 unspecified atom stereocenters. The van der Waals surface area contributed by atoms with E-state index in [2.05, 4.69) is 98.8 Å². The van der Waals surface area contributed by atoms with Gasteiger partial charge in [0, 0.05) is 0 Å². The summed E-state index contributed by atoms with van der Waals surface area (Å²) in [6, 6.07) is 30.0. The van der Waals surface area contributed by atoms with Gasteiger partial charge in [-0.15, -0.1) is 0 Å². The first-order valence-electron chi connectivity index (χ1n) is 8.19. The molecule has 0 atom stereocenters. The van der Waals surface area contributed by atoms with Gasteiger partial charge in [-0.25, -0.2) is 0 Å². The summed E-state index contributed by atoms with van der Waals surface area (Å²) < 4.78 is 0. The molecule has 0 fully saturated rings. The van der Waals surface area contributed by atoms with E-state index in [9.17, 15) is 0 Å². The molecule has 0 saturated heterocycles. The summed E-state index contributed by atoms with van der Waals surface area (Å²) in [5.74, 6) is 0. The molecule has 0 aliphatic rings. The Bertz CT molecular complexity index is 919. The van der Waals surface area contributed by atoms with E-state index in [1.165, 1.54) is 32.7 Å². The van der Waals surface area contributed by atoms with Crippen molar-refractivity contribution in [3.63, 3.8) is 0 Å². The van der Waals surface area contributed by atoms with E-state index in [0.29, 0.717) is 0 Å². The van der Waals surface area contributed by atoms with Crippen LogP contribution in [-0.4, -0.2) is 0 Å². The van der Waals surface area contributed by atoms with E-state index >= 15 is 0 Å². The quantitative estimate of drug-likeness (QED) is 0.374. The first kappa shape index (κ1) is 15.3. The zero-order valence-corrected chi connectivity index (χ0v) is 13.8. The molecule has 0 aromatic heterocycles. The third kappa shape index (κ3) is 3.78. The van der Waals surface area contributed by atoms with E-state index in [4.69, 9.17) is 0 Å². The fourth-order valence-electron chi connectivity index (χ4n) is 2.77. The molecule has 0 aliphatic carbocycles. The minimum Gasteiger partial charge on any atom is -0.0616 e. The lowest BCUT2D eigenvalue weighted by molar-refractivity contribution is 1.15. The molecule has 0 aliphatic heterocycles. The Morgan fingerprint density at radius 1 is 0.565 bits per heavy atom. The summed E-state index contributed by atoms with van der Waals surface area (Å²) in [6.07, 6.45) is 1.12. The topological polar surface area (TPSA) is 0 Å². The molecule has 0 amide bonds. The maximum Gasteiger partial charge on any atom is -0.0181 e. The minimum atomic E-state index is 1.12. The number of hydrogen-bond donors (Lipinski definition) is 0. The maximum atomic E-state index is 2.26. The van der Waals surface area contributed by atoms with Crippen molar-refractivity contribution >= 4 is 21.5 Å². The van der Waals surface area contributed by atoms with Gasteiger partial charge in [0.1, 0.15) is 0 Å². The number of rotatable bonds is 1. The number of benzene rings is 4. The molecule has 0 N–H and O–H groups in total. The highest BCUT2D eigenvalue weighted by molar-refractivity contribution is 5.83. The first-order chi connectivity index (χ1) is 11.3. The SMILES string of the molecule is CCc1ccc2ccccc2c1.Cc1ccc2ccccc2c1. The molecular weight excluding hydrogens is 276 g/mol. The summed E-state index contributed by atoms with van der Waals surface area (Å²) in [5, 5.41) is 5.32. The predicted molar refractivity (Wildman–Crippen MR) is 102 cm³/mol. The molecule has 4 rings (SSSR count). The van der Waals surface area contributed by atoms with Crippen molar-refractivity contribution in [1.82, 2.24) is 0 Å². The Kier molecular flexibility index (Phi) is 4.73. The number of fused-ring (bicyclic) bond motifs is 2. The smallest absolute Gasteiger partial charge is 0.0181 e. The standard InChI is InChI=1S/C12H12.C11H10/c1-2-10-7-8-11-5-3-4-6-12(11)9-10;1-9-6-7-10-4-2-3-5-11(10)8-9/h3-9H,2H2,1H3;2-8H,1H3. The molecule has 23 heavy (non-hydrogen) atoms. The lowest BCUT2D eigenvalue weighted by atomic mass is 10.1. The molecule has 0 spiro atoms. The average molecular weight is 298 g/mol. The van der Waals surface area contributed by atoms with Gasteiger partial charge in [-0.2, -0.15) is 0 Å². The molecule has 114 valence electrons. The fourth-order valence-corrected chi connectivity index (χ4v) is 2.77. The van der Waals surface area contributed by atoms with Crippen molar-refractivity contribution in [3.05, 3.63) is 96.1 Å². The Balaban J connectivity index is 0.000000136. The number of hydrogen-bond acceptors (Lipinski definition) is 0. The molecule has 0 bridgehead atoms. The third-order valence-electron chi connectivity index (χ3n) is 4.13. The van der Waals surface area contributed by atoms with E-state index in [1.807, 2.05) is 0 Å². The van der Waals surface area contributed by atoms with Gasteiger partial charge in [-0.05, 0) is 40.5 Å². The second-order valence-corrected chi connectivity index (χ2v) is 5.89. The van der Waals surface area contributed by atoms with Gasteiger partial charge in [-0.1, -0.05) is 97.4 Å². The Hall–Kier alpha value is -2.60. The predicted octanol–water partition coefficient (Wildman–Crippen LogP) is 6.55. The van der Waals surface area contributed by atoms with Crippen LogP contribution in [0.5, 0.6) is 0 Å². The van der Waals surface area contributed by atoms with Crippen LogP contribution in [0.2, 0.25) is 0 Å². The zero-order valence-electron chi connectivity index (χ0n) is 13.8. The molecule has 0 saturated carbocycles. The summed E-state index contributed by atoms with van der Waals surface area (Å²) in [7, 11) is 0. The monoisotopic (exact) mass is 298 g/mol. The summed E-state index contributed by atoms with van der Waals surface area (Å²) in [4.78, 5) is 0. The van der Waals surface area contributed by atoms with Crippen LogP contribution in [0, 0.1) is 6.92 Å². The lowest BCUT2D eigenvalue weighted by Gasteiger charge is -1.99. The van der Waals surface area contributed by atoms with Crippen LogP contribution in [-0.2, 0) is 6.42 Å². The second-order valence-electron chi connectivity index (χ2n) is 5.89. The number of aryl methyl sites for hydroxylation is 2. The third-order valence-corrected chi connectivity index (χ3v) is 4.13.